The molecule has 13 heteroatoms. The van der Waals surface area contributed by atoms with Gasteiger partial charge >= 0.3 is 0 Å². The van der Waals surface area contributed by atoms with Crippen LogP contribution in [0, 0.1) is 6.92 Å². The van der Waals surface area contributed by atoms with Crippen LogP contribution in [0.4, 0.5) is 5.82 Å². The lowest BCUT2D eigenvalue weighted by molar-refractivity contribution is 0.0556. The number of hydrogen-bond donors (Lipinski definition) is 2. The summed E-state index contributed by atoms with van der Waals surface area (Å²) in [5.74, 6) is -0.121. The number of rotatable bonds is 4. The quantitative estimate of drug-likeness (QED) is 0.418. The normalized spacial score (nSPS) is 21.8. The Hall–Kier alpha value is -3.87. The van der Waals surface area contributed by atoms with E-state index in [0.717, 1.165) is 35.9 Å². The van der Waals surface area contributed by atoms with E-state index in [1.807, 2.05) is 24.0 Å². The summed E-state index contributed by atoms with van der Waals surface area (Å²) in [7, 11) is -3.71. The lowest BCUT2D eigenvalue weighted by Crippen LogP contribution is -2.46. The van der Waals surface area contributed by atoms with Crippen LogP contribution in [0.1, 0.15) is 53.6 Å². The molecule has 4 aromatic heterocycles. The highest BCUT2D eigenvalue weighted by Gasteiger charge is 2.46. The molecule has 2 atom stereocenters. The van der Waals surface area contributed by atoms with Crippen molar-refractivity contribution >= 4 is 27.2 Å². The minimum Gasteiger partial charge on any atom is -0.382 e. The van der Waals surface area contributed by atoms with E-state index < -0.39 is 9.84 Å². The summed E-state index contributed by atoms with van der Waals surface area (Å²) in [4.78, 5) is 27.0. The first kappa shape index (κ1) is 22.6. The van der Waals surface area contributed by atoms with Gasteiger partial charge in [0.15, 0.2) is 15.5 Å². The predicted molar refractivity (Wildman–Crippen MR) is 130 cm³/mol. The van der Waals surface area contributed by atoms with Crippen LogP contribution < -0.4 is 5.73 Å². The second kappa shape index (κ2) is 8.08. The third kappa shape index (κ3) is 3.53. The van der Waals surface area contributed by atoms with Gasteiger partial charge in [0.1, 0.15) is 17.0 Å². The van der Waals surface area contributed by atoms with Crippen molar-refractivity contribution in [3.63, 3.8) is 0 Å². The van der Waals surface area contributed by atoms with Crippen LogP contribution in [0.25, 0.3) is 16.8 Å². The van der Waals surface area contributed by atoms with Crippen LogP contribution in [-0.2, 0) is 9.84 Å². The molecule has 3 N–H and O–H groups in total. The number of piperidine rings is 1. The smallest absolute Gasteiger partial charge is 0.292 e. The number of pyridine rings is 1. The van der Waals surface area contributed by atoms with Crippen molar-refractivity contribution in [2.45, 2.75) is 55.5 Å². The zero-order valence-corrected chi connectivity index (χ0v) is 20.6. The van der Waals surface area contributed by atoms with Crippen molar-refractivity contribution in [1.29, 1.82) is 0 Å². The van der Waals surface area contributed by atoms with Crippen LogP contribution in [0.3, 0.4) is 0 Å². The Morgan fingerprint density at radius 1 is 1.17 bits per heavy atom. The van der Waals surface area contributed by atoms with Crippen LogP contribution in [-0.4, -0.2) is 72.3 Å². The van der Waals surface area contributed by atoms with Gasteiger partial charge in [-0.2, -0.15) is 9.61 Å². The van der Waals surface area contributed by atoms with Crippen molar-refractivity contribution < 1.29 is 13.2 Å². The lowest BCUT2D eigenvalue weighted by Gasteiger charge is -2.38. The Kier molecular flexibility index (Phi) is 5.07. The van der Waals surface area contributed by atoms with Crippen LogP contribution >= 0.6 is 0 Å². The van der Waals surface area contributed by atoms with Crippen molar-refractivity contribution in [2.75, 3.05) is 12.0 Å². The van der Waals surface area contributed by atoms with Crippen molar-refractivity contribution in [3.8, 4) is 11.1 Å². The van der Waals surface area contributed by atoms with Gasteiger partial charge in [-0.1, -0.05) is 6.07 Å². The molecular weight excluding hydrogens is 482 g/mol. The number of nitrogens with two attached hydrogens (primary N) is 1. The van der Waals surface area contributed by atoms with Gasteiger partial charge in [-0.3, -0.25) is 9.78 Å². The number of aromatic nitrogens is 7. The molecule has 186 valence electrons. The number of aromatic amines is 1. The summed E-state index contributed by atoms with van der Waals surface area (Å²) in [6.45, 7) is 1.90. The van der Waals surface area contributed by atoms with Gasteiger partial charge in [0.25, 0.3) is 5.91 Å². The van der Waals surface area contributed by atoms with E-state index in [2.05, 4.69) is 25.3 Å². The maximum Gasteiger partial charge on any atom is 0.292 e. The Morgan fingerprint density at radius 3 is 2.53 bits per heavy atom. The van der Waals surface area contributed by atoms with Gasteiger partial charge in [0.05, 0.1) is 11.9 Å². The zero-order chi connectivity index (χ0) is 25.2. The number of nitrogens with zero attached hydrogens (tertiary/aromatic N) is 7. The number of amides is 1. The second-order valence-corrected chi connectivity index (χ2v) is 11.5. The number of fused-ring (bicyclic) bond motifs is 3. The summed E-state index contributed by atoms with van der Waals surface area (Å²) in [5, 5.41) is 12.0. The van der Waals surface area contributed by atoms with E-state index in [9.17, 15) is 13.2 Å². The fourth-order valence-corrected chi connectivity index (χ4v) is 6.73. The molecule has 2 fully saturated rings. The third-order valence-electron chi connectivity index (χ3n) is 7.23. The Morgan fingerprint density at radius 2 is 1.92 bits per heavy atom. The van der Waals surface area contributed by atoms with E-state index in [4.69, 9.17) is 10.7 Å². The summed E-state index contributed by atoms with van der Waals surface area (Å²) in [6.07, 6.45) is 8.72. The molecule has 2 aliphatic rings. The van der Waals surface area contributed by atoms with E-state index >= 15 is 0 Å². The molecule has 6 rings (SSSR count). The van der Waals surface area contributed by atoms with E-state index in [0.29, 0.717) is 24.2 Å². The SMILES string of the molecule is Cc1ccc(-c2cnn3c(N)c(S(C)(=O)=O)c(C4CC5CCC(C4)N5C(=O)c4nnc[nH]4)nc23)cn1. The Balaban J connectivity index is 1.45. The second-order valence-electron chi connectivity index (χ2n) is 9.57. The molecule has 0 aromatic carbocycles. The van der Waals surface area contributed by atoms with Crippen molar-refractivity contribution in [3.05, 3.63) is 48.1 Å². The molecule has 36 heavy (non-hydrogen) atoms. The molecule has 6 heterocycles. The number of anilines is 1. The zero-order valence-electron chi connectivity index (χ0n) is 19.8. The molecule has 0 saturated carbocycles. The predicted octanol–water partition coefficient (Wildman–Crippen LogP) is 1.75. The number of hydrogen-bond acceptors (Lipinski definition) is 9. The molecule has 2 bridgehead atoms. The number of carbonyl (C=O) groups is 1. The summed E-state index contributed by atoms with van der Waals surface area (Å²) in [5.41, 5.74) is 9.76. The molecule has 12 nitrogen and oxygen atoms in total. The lowest BCUT2D eigenvalue weighted by atomic mass is 9.87. The summed E-state index contributed by atoms with van der Waals surface area (Å²) < 4.78 is 27.2. The molecule has 0 aliphatic carbocycles. The fraction of sp³-hybridized carbons (Fsp3) is 0.391. The van der Waals surface area contributed by atoms with Gasteiger partial charge < -0.3 is 15.6 Å². The van der Waals surface area contributed by atoms with Gasteiger partial charge in [0, 0.05) is 47.3 Å². The Bertz CT molecular complexity index is 1570. The topological polar surface area (TPSA) is 165 Å². The van der Waals surface area contributed by atoms with E-state index in [-0.39, 0.29) is 40.4 Å². The maximum absolute atomic E-state index is 13.1. The van der Waals surface area contributed by atoms with Crippen molar-refractivity contribution in [2.24, 2.45) is 0 Å². The number of H-pyrrole nitrogens is 1. The van der Waals surface area contributed by atoms with Crippen LogP contribution in [0.5, 0.6) is 0 Å². The highest BCUT2D eigenvalue weighted by atomic mass is 32.2. The fourth-order valence-electron chi connectivity index (χ4n) is 5.67. The molecular formula is C23H25N9O3S. The molecule has 0 radical (unpaired) electrons. The van der Waals surface area contributed by atoms with Gasteiger partial charge in [-0.25, -0.2) is 13.4 Å². The minimum absolute atomic E-state index is 0.00564. The highest BCUT2D eigenvalue weighted by molar-refractivity contribution is 7.91. The molecule has 4 aromatic rings. The molecule has 1 amide bonds. The maximum atomic E-state index is 13.1. The average Bonchev–Trinajstić information content (AvgIpc) is 3.57. The van der Waals surface area contributed by atoms with E-state index in [1.165, 1.54) is 10.8 Å². The minimum atomic E-state index is -3.71. The van der Waals surface area contributed by atoms with E-state index in [1.54, 1.807) is 12.4 Å². The number of sulfone groups is 1. The molecule has 2 aliphatic heterocycles. The highest BCUT2D eigenvalue weighted by Crippen LogP contribution is 2.45. The number of aryl methyl sites for hydroxylation is 1. The first-order chi connectivity index (χ1) is 17.2. The number of carbonyl (C=O) groups excluding carboxylic acids is 1. The van der Waals surface area contributed by atoms with Crippen molar-refractivity contribution in [1.82, 2.24) is 39.7 Å². The molecule has 2 unspecified atom stereocenters. The average molecular weight is 508 g/mol. The standard InChI is InChI=1S/C23H25N9O3S/c1-12-3-4-13(9-25-12)17-10-28-32-20(24)19(36(2,34)35)18(29-22(17)32)14-7-15-5-6-16(8-14)31(15)23(33)21-26-11-27-30-21/h3-4,9-11,14-16H,5-8,24H2,1-2H3,(H,26,27,30). The van der Waals surface area contributed by atoms with Gasteiger partial charge in [-0.15, -0.1) is 10.2 Å². The number of nitrogen functional groups attached to an aromatic ring is 1. The van der Waals surface area contributed by atoms with Crippen LogP contribution in [0.15, 0.2) is 35.7 Å². The largest absolute Gasteiger partial charge is 0.382 e. The first-order valence-corrected chi connectivity index (χ1v) is 13.6. The summed E-state index contributed by atoms with van der Waals surface area (Å²) >= 11 is 0. The number of nitrogens with one attached hydrogen (secondary N) is 1. The molecule has 2 saturated heterocycles. The van der Waals surface area contributed by atoms with Gasteiger partial charge in [-0.05, 0) is 38.7 Å². The van der Waals surface area contributed by atoms with Gasteiger partial charge in [0.2, 0.25) is 5.82 Å². The third-order valence-corrected chi connectivity index (χ3v) is 8.39. The monoisotopic (exact) mass is 507 g/mol. The molecule has 0 spiro atoms. The first-order valence-electron chi connectivity index (χ1n) is 11.7. The Labute approximate surface area is 206 Å². The summed E-state index contributed by atoms with van der Waals surface area (Å²) in [6, 6.07) is 3.72. The van der Waals surface area contributed by atoms with Crippen LogP contribution in [0.2, 0.25) is 0 Å².